The molecule has 3 heterocycles. The summed E-state index contributed by atoms with van der Waals surface area (Å²) in [6.07, 6.45) is -4.81. The normalized spacial score (nSPS) is 14.0. The Kier molecular flexibility index (Phi) is 7.39. The molecule has 38 heavy (non-hydrogen) atoms. The van der Waals surface area contributed by atoms with Gasteiger partial charge in [0.1, 0.15) is 5.82 Å². The fraction of sp³-hybridized carbons (Fsp3) is 0.222. The first kappa shape index (κ1) is 25.8. The standard InChI is InChI=1S/C27H23F3N4O3S/c28-27(29,30)20-15-23(38-17-24(36)33-11-13-37-14-12-33)32-26-25(20)21(35)16-22(31-18-7-3-1-4-8-18)34(26)19-9-5-2-6-10-19/h1-10,15-16,31H,11-14,17H2. The van der Waals surface area contributed by atoms with E-state index in [1.807, 2.05) is 6.07 Å². The summed E-state index contributed by atoms with van der Waals surface area (Å²) in [6.45, 7) is 1.70. The fourth-order valence-electron chi connectivity index (χ4n) is 4.23. The molecule has 196 valence electrons. The third-order valence-electron chi connectivity index (χ3n) is 6.02. The molecule has 1 amide bonds. The second-order valence-corrected chi connectivity index (χ2v) is 9.54. The third kappa shape index (κ3) is 5.53. The number of fused-ring (bicyclic) bond motifs is 1. The highest BCUT2D eigenvalue weighted by Crippen LogP contribution is 2.37. The number of carbonyl (C=O) groups is 1. The number of hydrogen-bond donors (Lipinski definition) is 1. The van der Waals surface area contributed by atoms with Crippen molar-refractivity contribution in [3.63, 3.8) is 0 Å². The van der Waals surface area contributed by atoms with Gasteiger partial charge in [-0.3, -0.25) is 14.2 Å². The number of pyridine rings is 2. The van der Waals surface area contributed by atoms with E-state index in [4.69, 9.17) is 4.74 Å². The highest BCUT2D eigenvalue weighted by atomic mass is 32.2. The predicted octanol–water partition coefficient (Wildman–Crippen LogP) is 5.10. The first-order valence-electron chi connectivity index (χ1n) is 11.8. The van der Waals surface area contributed by atoms with Gasteiger partial charge in [-0.2, -0.15) is 13.2 Å². The van der Waals surface area contributed by atoms with Crippen molar-refractivity contribution in [1.82, 2.24) is 14.5 Å². The van der Waals surface area contributed by atoms with Crippen LogP contribution in [0.2, 0.25) is 0 Å². The summed E-state index contributed by atoms with van der Waals surface area (Å²) in [5.41, 5.74) is -0.897. The number of nitrogens with one attached hydrogen (secondary N) is 1. The highest BCUT2D eigenvalue weighted by molar-refractivity contribution is 7.99. The van der Waals surface area contributed by atoms with Crippen LogP contribution in [0.1, 0.15) is 5.56 Å². The van der Waals surface area contributed by atoms with E-state index in [1.54, 1.807) is 59.5 Å². The molecule has 5 rings (SSSR count). The Bertz CT molecular complexity index is 1510. The van der Waals surface area contributed by atoms with Crippen molar-refractivity contribution in [1.29, 1.82) is 0 Å². The second-order valence-electron chi connectivity index (χ2n) is 8.54. The Labute approximate surface area is 220 Å². The summed E-state index contributed by atoms with van der Waals surface area (Å²) in [4.78, 5) is 31.9. The SMILES string of the molecule is O=C(CSc1cc(C(F)(F)F)c2c(=O)cc(Nc3ccccc3)n(-c3ccccc3)c2n1)N1CCOCC1. The Hall–Kier alpha value is -3.83. The Morgan fingerprint density at radius 1 is 1.00 bits per heavy atom. The maximum atomic E-state index is 14.3. The zero-order valence-corrected chi connectivity index (χ0v) is 20.9. The van der Waals surface area contributed by atoms with Crippen LogP contribution in [0.15, 0.2) is 82.6 Å². The molecule has 0 aliphatic carbocycles. The van der Waals surface area contributed by atoms with E-state index < -0.39 is 22.6 Å². The maximum Gasteiger partial charge on any atom is 0.417 e. The number of morpholine rings is 1. The zero-order chi connectivity index (χ0) is 26.7. The summed E-state index contributed by atoms with van der Waals surface area (Å²) in [7, 11) is 0. The van der Waals surface area contributed by atoms with Crippen LogP contribution in [0.5, 0.6) is 0 Å². The minimum absolute atomic E-state index is 0.00706. The number of ether oxygens (including phenoxy) is 1. The van der Waals surface area contributed by atoms with Gasteiger partial charge in [-0.25, -0.2) is 4.98 Å². The van der Waals surface area contributed by atoms with Gasteiger partial charge in [0, 0.05) is 30.5 Å². The first-order valence-corrected chi connectivity index (χ1v) is 12.8. The van der Waals surface area contributed by atoms with E-state index in [1.165, 1.54) is 4.57 Å². The van der Waals surface area contributed by atoms with E-state index in [0.717, 1.165) is 23.9 Å². The molecule has 0 spiro atoms. The third-order valence-corrected chi connectivity index (χ3v) is 6.91. The lowest BCUT2D eigenvalue weighted by molar-refractivity contribution is -0.136. The number of thioether (sulfide) groups is 1. The molecule has 0 saturated carbocycles. The van der Waals surface area contributed by atoms with Crippen molar-refractivity contribution < 1.29 is 22.7 Å². The second kappa shape index (κ2) is 10.9. The van der Waals surface area contributed by atoms with Crippen molar-refractivity contribution in [3.8, 4) is 5.69 Å². The number of rotatable bonds is 6. The molecule has 1 fully saturated rings. The monoisotopic (exact) mass is 540 g/mol. The topological polar surface area (TPSA) is 76.5 Å². The maximum absolute atomic E-state index is 14.3. The van der Waals surface area contributed by atoms with E-state index in [9.17, 15) is 22.8 Å². The van der Waals surface area contributed by atoms with Gasteiger partial charge in [-0.15, -0.1) is 0 Å². The molecule has 1 saturated heterocycles. The molecule has 7 nitrogen and oxygen atoms in total. The van der Waals surface area contributed by atoms with Crippen LogP contribution in [0.4, 0.5) is 24.7 Å². The van der Waals surface area contributed by atoms with Crippen LogP contribution in [0.3, 0.4) is 0 Å². The molecule has 1 aliphatic rings. The van der Waals surface area contributed by atoms with E-state index in [-0.39, 0.29) is 28.2 Å². The molecule has 4 aromatic rings. The first-order chi connectivity index (χ1) is 18.3. The molecular formula is C27H23F3N4O3S. The summed E-state index contributed by atoms with van der Waals surface area (Å²) >= 11 is 0.908. The quantitative estimate of drug-likeness (QED) is 0.343. The van der Waals surface area contributed by atoms with Crippen LogP contribution in [0, 0.1) is 0 Å². The average molecular weight is 541 g/mol. The van der Waals surface area contributed by atoms with Crippen molar-refractivity contribution in [2.75, 3.05) is 37.4 Å². The van der Waals surface area contributed by atoms with Gasteiger partial charge in [-0.1, -0.05) is 48.2 Å². The van der Waals surface area contributed by atoms with Crippen LogP contribution in [-0.2, 0) is 15.7 Å². The van der Waals surface area contributed by atoms with Gasteiger partial charge < -0.3 is 15.0 Å². The lowest BCUT2D eigenvalue weighted by atomic mass is 10.1. The summed E-state index contributed by atoms with van der Waals surface area (Å²) in [5.74, 6) is -0.0476. The lowest BCUT2D eigenvalue weighted by Gasteiger charge is -2.26. The van der Waals surface area contributed by atoms with Gasteiger partial charge in [0.25, 0.3) is 0 Å². The van der Waals surface area contributed by atoms with Gasteiger partial charge in [0.2, 0.25) is 5.91 Å². The van der Waals surface area contributed by atoms with Crippen molar-refractivity contribution in [2.24, 2.45) is 0 Å². The number of aromatic nitrogens is 2. The molecule has 0 unspecified atom stereocenters. The number of para-hydroxylation sites is 2. The van der Waals surface area contributed by atoms with Crippen LogP contribution in [-0.4, -0.2) is 52.4 Å². The molecule has 2 aromatic carbocycles. The fourth-order valence-corrected chi connectivity index (χ4v) is 5.03. The largest absolute Gasteiger partial charge is 0.417 e. The molecule has 1 N–H and O–H groups in total. The number of halogens is 3. The minimum atomic E-state index is -4.81. The number of anilines is 2. The van der Waals surface area contributed by atoms with Gasteiger partial charge in [-0.05, 0) is 30.3 Å². The zero-order valence-electron chi connectivity index (χ0n) is 20.1. The van der Waals surface area contributed by atoms with E-state index >= 15 is 0 Å². The average Bonchev–Trinajstić information content (AvgIpc) is 2.92. The Morgan fingerprint density at radius 3 is 2.32 bits per heavy atom. The molecule has 1 aliphatic heterocycles. The molecule has 11 heteroatoms. The number of benzene rings is 2. The smallest absolute Gasteiger partial charge is 0.378 e. The van der Waals surface area contributed by atoms with Crippen LogP contribution >= 0.6 is 11.8 Å². The predicted molar refractivity (Wildman–Crippen MR) is 140 cm³/mol. The number of hydrogen-bond acceptors (Lipinski definition) is 6. The summed E-state index contributed by atoms with van der Waals surface area (Å²) < 4.78 is 49.5. The summed E-state index contributed by atoms with van der Waals surface area (Å²) in [6, 6.07) is 19.7. The van der Waals surface area contributed by atoms with Crippen molar-refractivity contribution in [2.45, 2.75) is 11.2 Å². The Balaban J connectivity index is 1.66. The minimum Gasteiger partial charge on any atom is -0.378 e. The summed E-state index contributed by atoms with van der Waals surface area (Å²) in [5, 5.41) is 2.59. The number of carbonyl (C=O) groups excluding carboxylic acids is 1. The van der Waals surface area contributed by atoms with Crippen LogP contribution in [0.25, 0.3) is 16.7 Å². The van der Waals surface area contributed by atoms with E-state index in [2.05, 4.69) is 10.3 Å². The molecule has 2 aromatic heterocycles. The van der Waals surface area contributed by atoms with E-state index in [0.29, 0.717) is 37.7 Å². The number of nitrogens with zero attached hydrogens (tertiary/aromatic N) is 3. The molecule has 0 bridgehead atoms. The number of alkyl halides is 3. The molecular weight excluding hydrogens is 517 g/mol. The molecule has 0 atom stereocenters. The lowest BCUT2D eigenvalue weighted by Crippen LogP contribution is -2.41. The highest BCUT2D eigenvalue weighted by Gasteiger charge is 2.36. The van der Waals surface area contributed by atoms with Crippen molar-refractivity contribution in [3.05, 3.63) is 88.6 Å². The van der Waals surface area contributed by atoms with Gasteiger partial charge >= 0.3 is 6.18 Å². The Morgan fingerprint density at radius 2 is 1.66 bits per heavy atom. The van der Waals surface area contributed by atoms with Gasteiger partial charge in [0.05, 0.1) is 34.9 Å². The van der Waals surface area contributed by atoms with Crippen molar-refractivity contribution >= 4 is 40.2 Å². The van der Waals surface area contributed by atoms with Gasteiger partial charge in [0.15, 0.2) is 11.1 Å². The number of amides is 1. The van der Waals surface area contributed by atoms with Crippen LogP contribution < -0.4 is 10.7 Å². The molecule has 0 radical (unpaired) electrons.